The van der Waals surface area contributed by atoms with Crippen molar-refractivity contribution in [1.82, 2.24) is 4.90 Å². The molecule has 0 radical (unpaired) electrons. The van der Waals surface area contributed by atoms with Crippen LogP contribution in [0, 0.1) is 5.41 Å². The molecule has 0 spiro atoms. The number of carboxylic acids is 1. The van der Waals surface area contributed by atoms with Crippen LogP contribution in [0.5, 0.6) is 0 Å². The molecule has 0 bridgehead atoms. The van der Waals surface area contributed by atoms with Crippen LogP contribution in [-0.2, 0) is 11.2 Å². The minimum absolute atomic E-state index is 0.0617. The molecular weight excluding hydrogens is 268 g/mol. The molecule has 112 valence electrons. The van der Waals surface area contributed by atoms with E-state index >= 15 is 0 Å². The standard InChI is InChI=1S/C16H20N2O3/c1-16(15(20)21)6-8-18(10-16)14(19)12-4-5-13-11(9-12)3-2-7-17-13/h4-5,9,17H,2-3,6-8,10H2,1H3,(H,20,21). The van der Waals surface area contributed by atoms with Gasteiger partial charge >= 0.3 is 5.97 Å². The number of hydrogen-bond donors (Lipinski definition) is 2. The Morgan fingerprint density at radius 1 is 1.38 bits per heavy atom. The van der Waals surface area contributed by atoms with Gasteiger partial charge in [0.25, 0.3) is 5.91 Å². The molecule has 2 heterocycles. The van der Waals surface area contributed by atoms with E-state index in [4.69, 9.17) is 0 Å². The second-order valence-electron chi connectivity index (χ2n) is 6.24. The third kappa shape index (κ3) is 2.48. The third-order valence-corrected chi connectivity index (χ3v) is 4.57. The van der Waals surface area contributed by atoms with Gasteiger partial charge in [-0.2, -0.15) is 0 Å². The second-order valence-corrected chi connectivity index (χ2v) is 6.24. The lowest BCUT2D eigenvalue weighted by atomic mass is 9.90. The van der Waals surface area contributed by atoms with Crippen LogP contribution < -0.4 is 5.32 Å². The van der Waals surface area contributed by atoms with Gasteiger partial charge < -0.3 is 15.3 Å². The van der Waals surface area contributed by atoms with Crippen LogP contribution in [0.4, 0.5) is 5.69 Å². The van der Waals surface area contributed by atoms with Crippen molar-refractivity contribution in [3.8, 4) is 0 Å². The van der Waals surface area contributed by atoms with Crippen molar-refractivity contribution in [3.05, 3.63) is 29.3 Å². The molecule has 0 aliphatic carbocycles. The van der Waals surface area contributed by atoms with Gasteiger partial charge in [-0.05, 0) is 49.9 Å². The van der Waals surface area contributed by atoms with Gasteiger partial charge in [-0.3, -0.25) is 9.59 Å². The molecule has 5 nitrogen and oxygen atoms in total. The normalized spacial score (nSPS) is 24.3. The molecule has 0 saturated carbocycles. The number of aliphatic carboxylic acids is 1. The van der Waals surface area contributed by atoms with E-state index in [1.165, 1.54) is 5.56 Å². The Kier molecular flexibility index (Phi) is 3.35. The van der Waals surface area contributed by atoms with E-state index in [9.17, 15) is 14.7 Å². The van der Waals surface area contributed by atoms with Crippen LogP contribution in [0.25, 0.3) is 0 Å². The maximum atomic E-state index is 12.6. The minimum Gasteiger partial charge on any atom is -0.481 e. The fourth-order valence-corrected chi connectivity index (χ4v) is 3.10. The molecule has 21 heavy (non-hydrogen) atoms. The fraction of sp³-hybridized carbons (Fsp3) is 0.500. The van der Waals surface area contributed by atoms with Gasteiger partial charge in [-0.25, -0.2) is 0 Å². The van der Waals surface area contributed by atoms with Crippen molar-refractivity contribution >= 4 is 17.6 Å². The van der Waals surface area contributed by atoms with Crippen molar-refractivity contribution in [2.24, 2.45) is 5.41 Å². The average Bonchev–Trinajstić information content (AvgIpc) is 2.90. The van der Waals surface area contributed by atoms with Crippen LogP contribution in [-0.4, -0.2) is 41.5 Å². The van der Waals surface area contributed by atoms with Crippen molar-refractivity contribution in [2.45, 2.75) is 26.2 Å². The van der Waals surface area contributed by atoms with Crippen molar-refractivity contribution < 1.29 is 14.7 Å². The van der Waals surface area contributed by atoms with Crippen LogP contribution >= 0.6 is 0 Å². The number of nitrogens with one attached hydrogen (secondary N) is 1. The largest absolute Gasteiger partial charge is 0.481 e. The Hall–Kier alpha value is -2.04. The Bertz CT molecular complexity index is 599. The zero-order valence-corrected chi connectivity index (χ0v) is 12.2. The van der Waals surface area contributed by atoms with Crippen molar-refractivity contribution in [1.29, 1.82) is 0 Å². The van der Waals surface area contributed by atoms with Gasteiger partial charge in [-0.15, -0.1) is 0 Å². The average molecular weight is 288 g/mol. The number of likely N-dealkylation sites (tertiary alicyclic amines) is 1. The summed E-state index contributed by atoms with van der Waals surface area (Å²) in [5, 5.41) is 12.6. The smallest absolute Gasteiger partial charge is 0.311 e. The summed E-state index contributed by atoms with van der Waals surface area (Å²) in [5.41, 5.74) is 2.12. The molecule has 2 aliphatic rings. The number of fused-ring (bicyclic) bond motifs is 1. The SMILES string of the molecule is CC1(C(=O)O)CCN(C(=O)c2ccc3c(c2)CCCN3)C1. The molecule has 5 heteroatoms. The van der Waals surface area contributed by atoms with Gasteiger partial charge in [0.05, 0.1) is 5.41 Å². The molecule has 0 aromatic heterocycles. The molecule has 1 atom stereocenters. The third-order valence-electron chi connectivity index (χ3n) is 4.57. The number of aryl methyl sites for hydroxylation is 1. The molecule has 1 unspecified atom stereocenters. The summed E-state index contributed by atoms with van der Waals surface area (Å²) in [4.78, 5) is 25.5. The van der Waals surface area contributed by atoms with Crippen LogP contribution in [0.2, 0.25) is 0 Å². The summed E-state index contributed by atoms with van der Waals surface area (Å²) in [6, 6.07) is 5.73. The first-order chi connectivity index (χ1) is 9.99. The zero-order valence-electron chi connectivity index (χ0n) is 12.2. The first-order valence-corrected chi connectivity index (χ1v) is 7.39. The number of carbonyl (C=O) groups is 2. The first-order valence-electron chi connectivity index (χ1n) is 7.39. The first kappa shape index (κ1) is 13.9. The summed E-state index contributed by atoms with van der Waals surface area (Å²) >= 11 is 0. The van der Waals surface area contributed by atoms with E-state index in [1.807, 2.05) is 18.2 Å². The number of nitrogens with zero attached hydrogens (tertiary/aromatic N) is 1. The number of carbonyl (C=O) groups excluding carboxylic acids is 1. The highest BCUT2D eigenvalue weighted by Crippen LogP contribution is 2.31. The van der Waals surface area contributed by atoms with Gasteiger partial charge in [0, 0.05) is 30.9 Å². The van der Waals surface area contributed by atoms with E-state index in [2.05, 4.69) is 5.32 Å². The van der Waals surface area contributed by atoms with Crippen LogP contribution in [0.1, 0.15) is 35.7 Å². The predicted molar refractivity (Wildman–Crippen MR) is 79.5 cm³/mol. The van der Waals surface area contributed by atoms with E-state index in [-0.39, 0.29) is 12.5 Å². The number of hydrogen-bond acceptors (Lipinski definition) is 3. The summed E-state index contributed by atoms with van der Waals surface area (Å²) in [5.74, 6) is -0.888. The van der Waals surface area contributed by atoms with Gasteiger partial charge in [0.2, 0.25) is 0 Å². The molecule has 1 aromatic rings. The zero-order chi connectivity index (χ0) is 15.0. The fourth-order valence-electron chi connectivity index (χ4n) is 3.10. The van der Waals surface area contributed by atoms with Gasteiger partial charge in [-0.1, -0.05) is 0 Å². The molecule has 2 aliphatic heterocycles. The highest BCUT2D eigenvalue weighted by atomic mass is 16.4. The quantitative estimate of drug-likeness (QED) is 0.873. The highest BCUT2D eigenvalue weighted by molar-refractivity contribution is 5.95. The van der Waals surface area contributed by atoms with Crippen molar-refractivity contribution in [2.75, 3.05) is 25.0 Å². The van der Waals surface area contributed by atoms with E-state index in [1.54, 1.807) is 11.8 Å². The number of amides is 1. The predicted octanol–water partition coefficient (Wildman–Crippen LogP) is 1.98. The maximum absolute atomic E-state index is 12.6. The van der Waals surface area contributed by atoms with Gasteiger partial charge in [0.15, 0.2) is 0 Å². The Morgan fingerprint density at radius 3 is 2.90 bits per heavy atom. The molecule has 3 rings (SSSR count). The van der Waals surface area contributed by atoms with Gasteiger partial charge in [0.1, 0.15) is 0 Å². The van der Waals surface area contributed by atoms with E-state index in [0.29, 0.717) is 18.5 Å². The number of anilines is 1. The molecule has 1 aromatic carbocycles. The summed E-state index contributed by atoms with van der Waals surface area (Å²) in [6.45, 7) is 3.48. The van der Waals surface area contributed by atoms with Crippen LogP contribution in [0.15, 0.2) is 18.2 Å². The number of benzene rings is 1. The molecular formula is C16H20N2O3. The van der Waals surface area contributed by atoms with Crippen molar-refractivity contribution in [3.63, 3.8) is 0 Å². The van der Waals surface area contributed by atoms with E-state index < -0.39 is 11.4 Å². The summed E-state index contributed by atoms with van der Waals surface area (Å²) in [7, 11) is 0. The molecule has 1 amide bonds. The van der Waals surface area contributed by atoms with E-state index in [0.717, 1.165) is 25.1 Å². The highest BCUT2D eigenvalue weighted by Gasteiger charge is 2.42. The van der Waals surface area contributed by atoms with Crippen LogP contribution in [0.3, 0.4) is 0 Å². The minimum atomic E-state index is -0.826. The lowest BCUT2D eigenvalue weighted by molar-refractivity contribution is -0.147. The number of carboxylic acid groups (broad SMARTS) is 1. The molecule has 2 N–H and O–H groups in total. The summed E-state index contributed by atoms with van der Waals surface area (Å²) in [6.07, 6.45) is 2.57. The lowest BCUT2D eigenvalue weighted by Gasteiger charge is -2.22. The maximum Gasteiger partial charge on any atom is 0.311 e. The Morgan fingerprint density at radius 2 is 2.19 bits per heavy atom. The molecule has 1 fully saturated rings. The molecule has 1 saturated heterocycles. The lowest BCUT2D eigenvalue weighted by Crippen LogP contribution is -2.35. The monoisotopic (exact) mass is 288 g/mol. The Labute approximate surface area is 123 Å². The topological polar surface area (TPSA) is 69.6 Å². The second kappa shape index (κ2) is 5.06. The number of rotatable bonds is 2. The summed E-state index contributed by atoms with van der Waals surface area (Å²) < 4.78 is 0. The Balaban J connectivity index is 1.79.